The Morgan fingerprint density at radius 2 is 2.00 bits per heavy atom. The van der Waals surface area contributed by atoms with Gasteiger partial charge in [-0.05, 0) is 5.04 Å². The molecule has 0 fully saturated rings. The van der Waals surface area contributed by atoms with Crippen molar-refractivity contribution < 1.29 is 0 Å². The van der Waals surface area contributed by atoms with Gasteiger partial charge in [0.15, 0.2) is 0 Å². The molecule has 0 aromatic rings. The molecule has 0 radical (unpaired) electrons. The summed E-state index contributed by atoms with van der Waals surface area (Å²) in [7, 11) is -0.0490. The van der Waals surface area contributed by atoms with Crippen molar-refractivity contribution in [2.24, 2.45) is 0 Å². The van der Waals surface area contributed by atoms with Gasteiger partial charge >= 0.3 is 0 Å². The smallest absolute Gasteiger partial charge is 0.0606 e. The van der Waals surface area contributed by atoms with E-state index in [1.807, 2.05) is 0 Å². The Balaban J connectivity index is 3.55. The monoisotopic (exact) mass is 126 g/mol. The lowest BCUT2D eigenvalue weighted by Gasteiger charge is -2.12. The van der Waals surface area contributed by atoms with Crippen molar-refractivity contribution in [2.75, 3.05) is 0 Å². The molecule has 0 bridgehead atoms. The lowest BCUT2D eigenvalue weighted by atomic mass is 10.3. The second kappa shape index (κ2) is 2.90. The number of rotatable bonds is 1. The predicted molar refractivity (Wildman–Crippen MR) is 42.0 cm³/mol. The summed E-state index contributed by atoms with van der Waals surface area (Å²) in [6.07, 6.45) is 0. The predicted octanol–water partition coefficient (Wildman–Crippen LogP) is 1.67. The average Bonchev–Trinajstić information content (AvgIpc) is 1.59. The average molecular weight is 126 g/mol. The van der Waals surface area contributed by atoms with Gasteiger partial charge in [-0.25, -0.2) is 0 Å². The van der Waals surface area contributed by atoms with Crippen molar-refractivity contribution in [3.05, 3.63) is 18.0 Å². The highest BCUT2D eigenvalue weighted by Crippen LogP contribution is 2.19. The molecule has 0 atom stereocenters. The number of hydrogen-bond acceptors (Lipinski definition) is 0. The molecule has 46 valence electrons. The van der Waals surface area contributed by atoms with E-state index in [0.717, 1.165) is 0 Å². The Morgan fingerprint density at radius 1 is 1.50 bits per heavy atom. The fourth-order valence-electron chi connectivity index (χ4n) is 0.378. The van der Waals surface area contributed by atoms with E-state index in [0.29, 0.717) is 5.04 Å². The Labute approximate surface area is 54.1 Å². The highest BCUT2D eigenvalue weighted by atomic mass is 28.2. The molecule has 0 aliphatic rings. The van der Waals surface area contributed by atoms with E-state index in [1.54, 1.807) is 0 Å². The van der Waals surface area contributed by atoms with E-state index < -0.39 is 0 Å². The van der Waals surface area contributed by atoms with Crippen LogP contribution in [0.25, 0.3) is 0 Å². The summed E-state index contributed by atoms with van der Waals surface area (Å²) in [5, 5.41) is 0.532. The van der Waals surface area contributed by atoms with E-state index in [1.165, 1.54) is 0 Å². The number of hydrogen-bond donors (Lipinski definition) is 0. The van der Waals surface area contributed by atoms with E-state index in [2.05, 4.69) is 38.8 Å². The largest absolute Gasteiger partial charge is 0.138 e. The molecule has 0 N–H and O–H groups in total. The van der Waals surface area contributed by atoms with Gasteiger partial charge in [0.25, 0.3) is 0 Å². The molecule has 0 heterocycles. The van der Waals surface area contributed by atoms with E-state index in [9.17, 15) is 0 Å². The van der Waals surface area contributed by atoms with Crippen LogP contribution < -0.4 is 0 Å². The molecule has 0 aromatic heterocycles. The lowest BCUT2D eigenvalue weighted by molar-refractivity contribution is 0.759. The molecule has 0 spiro atoms. The quantitative estimate of drug-likeness (QED) is 0.370. The molecule has 0 aliphatic carbocycles. The Morgan fingerprint density at radius 3 is 2.12 bits per heavy atom. The first-order chi connectivity index (χ1) is 3.56. The first-order valence-corrected chi connectivity index (χ1v) is 4.43. The second-order valence-corrected chi connectivity index (χ2v) is 6.11. The standard InChI is InChI=1S/C7H14Si/c1-5-6-8-7(2,3)4/h6H,1,8H2,2-4H3. The van der Waals surface area contributed by atoms with Crippen LogP contribution in [0.2, 0.25) is 5.04 Å². The second-order valence-electron chi connectivity index (χ2n) is 3.17. The molecule has 1 heteroatoms. The van der Waals surface area contributed by atoms with Crippen LogP contribution in [0.5, 0.6) is 0 Å². The van der Waals surface area contributed by atoms with E-state index >= 15 is 0 Å². The molecule has 0 rings (SSSR count). The molecule has 0 unspecified atom stereocenters. The van der Waals surface area contributed by atoms with Crippen molar-refractivity contribution in [1.29, 1.82) is 0 Å². The fourth-order valence-corrected chi connectivity index (χ4v) is 1.14. The van der Waals surface area contributed by atoms with Gasteiger partial charge in [-0.2, -0.15) is 0 Å². The van der Waals surface area contributed by atoms with Crippen molar-refractivity contribution in [1.82, 2.24) is 0 Å². The van der Waals surface area contributed by atoms with Crippen LogP contribution in [0.4, 0.5) is 0 Å². The van der Waals surface area contributed by atoms with Gasteiger partial charge in [0.05, 0.1) is 9.52 Å². The summed E-state index contributed by atoms with van der Waals surface area (Å²) < 4.78 is 0. The zero-order valence-electron chi connectivity index (χ0n) is 5.99. The van der Waals surface area contributed by atoms with Gasteiger partial charge in [-0.3, -0.25) is 0 Å². The summed E-state index contributed by atoms with van der Waals surface area (Å²) in [5.41, 5.74) is 4.92. The minimum absolute atomic E-state index is 0.0490. The molecule has 0 nitrogen and oxygen atoms in total. The SMILES string of the molecule is C=C=C[SiH2]C(C)(C)C. The van der Waals surface area contributed by atoms with Crippen LogP contribution >= 0.6 is 0 Å². The zero-order chi connectivity index (χ0) is 6.62. The van der Waals surface area contributed by atoms with Gasteiger partial charge in [-0.1, -0.05) is 33.0 Å². The Hall–Kier alpha value is -0.263. The zero-order valence-corrected chi connectivity index (χ0v) is 7.41. The molecule has 8 heavy (non-hydrogen) atoms. The van der Waals surface area contributed by atoms with Crippen LogP contribution in [0, 0.1) is 0 Å². The van der Waals surface area contributed by atoms with Crippen LogP contribution in [-0.2, 0) is 0 Å². The van der Waals surface area contributed by atoms with E-state index in [-0.39, 0.29) is 9.52 Å². The van der Waals surface area contributed by atoms with Crippen molar-refractivity contribution >= 4 is 9.52 Å². The lowest BCUT2D eigenvalue weighted by Crippen LogP contribution is -2.04. The molecule has 0 saturated heterocycles. The molecule has 0 aliphatic heterocycles. The van der Waals surface area contributed by atoms with Crippen LogP contribution in [0.3, 0.4) is 0 Å². The normalized spacial score (nSPS) is 11.9. The van der Waals surface area contributed by atoms with Gasteiger partial charge in [-0.15, -0.1) is 5.73 Å². The molecule has 0 saturated carbocycles. The summed E-state index contributed by atoms with van der Waals surface area (Å²) in [5.74, 6) is 0. The fraction of sp³-hybridized carbons (Fsp3) is 0.571. The Bertz CT molecular complexity index is 102. The topological polar surface area (TPSA) is 0 Å². The third kappa shape index (κ3) is 5.74. The minimum Gasteiger partial charge on any atom is -0.138 e. The molecule has 0 aromatic carbocycles. The maximum Gasteiger partial charge on any atom is 0.0606 e. The first kappa shape index (κ1) is 7.74. The maximum atomic E-state index is 3.52. The molecular weight excluding hydrogens is 112 g/mol. The van der Waals surface area contributed by atoms with Gasteiger partial charge in [0.1, 0.15) is 0 Å². The maximum absolute atomic E-state index is 3.52. The van der Waals surface area contributed by atoms with Gasteiger partial charge in [0.2, 0.25) is 0 Å². The summed E-state index contributed by atoms with van der Waals surface area (Å²) in [4.78, 5) is 0. The third-order valence-electron chi connectivity index (χ3n) is 0.859. The van der Waals surface area contributed by atoms with Crippen molar-refractivity contribution in [3.8, 4) is 0 Å². The van der Waals surface area contributed by atoms with Crippen LogP contribution in [0.1, 0.15) is 20.8 Å². The molecule has 0 amide bonds. The van der Waals surface area contributed by atoms with Crippen molar-refractivity contribution in [3.63, 3.8) is 0 Å². The summed E-state index contributed by atoms with van der Waals surface area (Å²) >= 11 is 0. The summed E-state index contributed by atoms with van der Waals surface area (Å²) in [6, 6.07) is 0. The third-order valence-corrected chi connectivity index (χ3v) is 2.58. The first-order valence-electron chi connectivity index (χ1n) is 2.90. The van der Waals surface area contributed by atoms with E-state index in [4.69, 9.17) is 0 Å². The minimum atomic E-state index is -0.0490. The summed E-state index contributed by atoms with van der Waals surface area (Å²) in [6.45, 7) is 10.3. The van der Waals surface area contributed by atoms with Crippen LogP contribution in [-0.4, -0.2) is 9.52 Å². The molecular formula is C7H14Si. The highest BCUT2D eigenvalue weighted by Gasteiger charge is 2.06. The highest BCUT2D eigenvalue weighted by molar-refractivity contribution is 6.45. The van der Waals surface area contributed by atoms with Gasteiger partial charge in [0, 0.05) is 0 Å². The van der Waals surface area contributed by atoms with Crippen LogP contribution in [0.15, 0.2) is 18.0 Å². The van der Waals surface area contributed by atoms with Gasteiger partial charge < -0.3 is 0 Å². The van der Waals surface area contributed by atoms with Crippen molar-refractivity contribution in [2.45, 2.75) is 25.8 Å². The Kier molecular flexibility index (Phi) is 2.81.